The van der Waals surface area contributed by atoms with E-state index >= 15 is 0 Å². The average molecular weight is 361 g/mol. The molecule has 0 radical (unpaired) electrons. The van der Waals surface area contributed by atoms with E-state index in [1.165, 1.54) is 70.6 Å². The van der Waals surface area contributed by atoms with Gasteiger partial charge >= 0.3 is 0 Å². The van der Waals surface area contributed by atoms with Crippen LogP contribution in [-0.4, -0.2) is 11.2 Å². The Bertz CT molecular complexity index is 471. The van der Waals surface area contributed by atoms with E-state index in [0.29, 0.717) is 5.41 Å². The van der Waals surface area contributed by atoms with Crippen LogP contribution in [0.5, 0.6) is 0 Å². The normalized spacial score (nSPS) is 48.1. The molecule has 6 unspecified atom stereocenters. The molecule has 0 bridgehead atoms. The minimum absolute atomic E-state index is 0.0170. The van der Waals surface area contributed by atoms with Crippen molar-refractivity contribution in [1.29, 1.82) is 0 Å². The molecule has 1 heteroatoms. The monoisotopic (exact) mass is 360 g/mol. The maximum absolute atomic E-state index is 10.1. The van der Waals surface area contributed by atoms with Gasteiger partial charge in [0.1, 0.15) is 0 Å². The van der Waals surface area contributed by atoms with Gasteiger partial charge in [-0.3, -0.25) is 0 Å². The van der Waals surface area contributed by atoms with Crippen LogP contribution in [0.3, 0.4) is 0 Å². The first-order chi connectivity index (χ1) is 12.5. The van der Waals surface area contributed by atoms with Crippen LogP contribution in [0.4, 0.5) is 0 Å². The first-order valence-corrected chi connectivity index (χ1v) is 12.2. The van der Waals surface area contributed by atoms with Gasteiger partial charge < -0.3 is 5.11 Å². The molecular weight excluding hydrogens is 316 g/mol. The number of aliphatic hydroxyl groups is 1. The third-order valence-corrected chi connectivity index (χ3v) is 9.71. The summed E-state index contributed by atoms with van der Waals surface area (Å²) < 4.78 is 0. The van der Waals surface area contributed by atoms with Crippen molar-refractivity contribution in [3.8, 4) is 0 Å². The fourth-order valence-corrected chi connectivity index (χ4v) is 8.35. The van der Waals surface area contributed by atoms with Gasteiger partial charge in [0.05, 0.1) is 6.10 Å². The Hall–Kier alpha value is -0.0400. The molecule has 0 aliphatic heterocycles. The fraction of sp³-hybridized carbons (Fsp3) is 1.00. The lowest BCUT2D eigenvalue weighted by atomic mass is 9.49. The molecule has 4 aliphatic carbocycles. The van der Waals surface area contributed by atoms with Crippen molar-refractivity contribution in [2.75, 3.05) is 0 Å². The topological polar surface area (TPSA) is 20.2 Å². The third-order valence-electron chi connectivity index (χ3n) is 9.71. The van der Waals surface area contributed by atoms with Crippen molar-refractivity contribution in [2.45, 2.75) is 110 Å². The minimum Gasteiger partial charge on any atom is -0.393 e. The second kappa shape index (κ2) is 7.76. The first kappa shape index (κ1) is 19.3. The Morgan fingerprint density at radius 3 is 2.50 bits per heavy atom. The lowest BCUT2D eigenvalue weighted by Gasteiger charge is -2.56. The maximum atomic E-state index is 10.1. The number of unbranched alkanes of at least 4 members (excludes halogenated alkanes) is 1. The number of aliphatic hydroxyl groups excluding tert-OH is 1. The zero-order valence-corrected chi connectivity index (χ0v) is 17.8. The SMILES string of the molecule is CC(C)CCCCC1CCC2[C@@H]3CCC4C[C@@H](O)CCC4C3CCC12C. The molecule has 4 rings (SSSR count). The van der Waals surface area contributed by atoms with Gasteiger partial charge in [-0.15, -0.1) is 0 Å². The van der Waals surface area contributed by atoms with Gasteiger partial charge in [0.15, 0.2) is 0 Å². The highest BCUT2D eigenvalue weighted by Gasteiger charge is 2.56. The summed E-state index contributed by atoms with van der Waals surface area (Å²) in [7, 11) is 0. The van der Waals surface area contributed by atoms with Crippen molar-refractivity contribution in [3.63, 3.8) is 0 Å². The molecule has 0 spiro atoms. The fourth-order valence-electron chi connectivity index (χ4n) is 8.35. The number of hydrogen-bond donors (Lipinski definition) is 1. The van der Waals surface area contributed by atoms with E-state index in [4.69, 9.17) is 0 Å². The highest BCUT2D eigenvalue weighted by atomic mass is 16.3. The van der Waals surface area contributed by atoms with E-state index < -0.39 is 0 Å². The molecule has 1 N–H and O–H groups in total. The second-order valence-electron chi connectivity index (χ2n) is 11.4. The van der Waals surface area contributed by atoms with Gasteiger partial charge in [-0.2, -0.15) is 0 Å². The molecule has 4 fully saturated rings. The van der Waals surface area contributed by atoms with Crippen LogP contribution < -0.4 is 0 Å². The van der Waals surface area contributed by atoms with E-state index in [-0.39, 0.29) is 6.10 Å². The lowest BCUT2D eigenvalue weighted by molar-refractivity contribution is -0.0778. The molecular formula is C25H44O. The van der Waals surface area contributed by atoms with E-state index in [1.807, 2.05) is 0 Å². The minimum atomic E-state index is 0.0170. The summed E-state index contributed by atoms with van der Waals surface area (Å²) in [6.45, 7) is 7.44. The largest absolute Gasteiger partial charge is 0.393 e. The van der Waals surface area contributed by atoms with Crippen molar-refractivity contribution in [3.05, 3.63) is 0 Å². The van der Waals surface area contributed by atoms with Crippen LogP contribution in [0.1, 0.15) is 104 Å². The smallest absolute Gasteiger partial charge is 0.0543 e. The zero-order valence-electron chi connectivity index (χ0n) is 17.8. The Balaban J connectivity index is 1.38. The number of rotatable bonds is 5. The van der Waals surface area contributed by atoms with Crippen LogP contribution in [0.25, 0.3) is 0 Å². The summed E-state index contributed by atoms with van der Waals surface area (Å²) in [6, 6.07) is 0. The van der Waals surface area contributed by atoms with E-state index in [9.17, 15) is 5.11 Å². The van der Waals surface area contributed by atoms with Crippen molar-refractivity contribution in [1.82, 2.24) is 0 Å². The van der Waals surface area contributed by atoms with Gasteiger partial charge in [-0.25, -0.2) is 0 Å². The van der Waals surface area contributed by atoms with Crippen LogP contribution in [0.2, 0.25) is 0 Å². The predicted molar refractivity (Wildman–Crippen MR) is 110 cm³/mol. The highest BCUT2D eigenvalue weighted by Crippen LogP contribution is 2.64. The zero-order chi connectivity index (χ0) is 18.3. The predicted octanol–water partition coefficient (Wildman–Crippen LogP) is 6.83. The van der Waals surface area contributed by atoms with Gasteiger partial charge in [0.2, 0.25) is 0 Å². The standard InChI is InChI=1S/C25H44O/c1-17(2)6-4-5-7-19-9-13-24-23-11-8-18-16-20(26)10-12-21(18)22(23)14-15-25(19,24)3/h17-24,26H,4-16H2,1-3H3/t18?,19?,20-,21?,22?,23+,24?,25?/m0/s1. The molecule has 4 aliphatic rings. The van der Waals surface area contributed by atoms with Crippen LogP contribution in [-0.2, 0) is 0 Å². The van der Waals surface area contributed by atoms with E-state index in [2.05, 4.69) is 20.8 Å². The van der Waals surface area contributed by atoms with Gasteiger partial charge in [-0.05, 0) is 111 Å². The summed E-state index contributed by atoms with van der Waals surface area (Å²) >= 11 is 0. The number of hydrogen-bond acceptors (Lipinski definition) is 1. The molecule has 0 saturated heterocycles. The van der Waals surface area contributed by atoms with Gasteiger partial charge in [0.25, 0.3) is 0 Å². The summed E-state index contributed by atoms with van der Waals surface area (Å²) in [5.41, 5.74) is 0.667. The highest BCUT2D eigenvalue weighted by molar-refractivity contribution is 5.05. The summed E-state index contributed by atoms with van der Waals surface area (Å²) in [6.07, 6.45) is 18.4. The average Bonchev–Trinajstić information content (AvgIpc) is 2.94. The summed E-state index contributed by atoms with van der Waals surface area (Å²) in [4.78, 5) is 0. The first-order valence-electron chi connectivity index (χ1n) is 12.2. The molecule has 0 amide bonds. The maximum Gasteiger partial charge on any atom is 0.0543 e. The molecule has 1 nitrogen and oxygen atoms in total. The molecule has 150 valence electrons. The molecule has 26 heavy (non-hydrogen) atoms. The molecule has 4 saturated carbocycles. The van der Waals surface area contributed by atoms with Crippen LogP contribution in [0, 0.1) is 46.8 Å². The summed E-state index contributed by atoms with van der Waals surface area (Å²) in [5, 5.41) is 10.1. The molecule has 0 aromatic rings. The third kappa shape index (κ3) is 3.51. The van der Waals surface area contributed by atoms with Crippen LogP contribution >= 0.6 is 0 Å². The van der Waals surface area contributed by atoms with Crippen molar-refractivity contribution in [2.24, 2.45) is 46.8 Å². The molecule has 8 atom stereocenters. The van der Waals surface area contributed by atoms with E-state index in [1.54, 1.807) is 0 Å². The Labute approximate surface area is 162 Å². The molecule has 0 aromatic carbocycles. The Morgan fingerprint density at radius 2 is 1.69 bits per heavy atom. The van der Waals surface area contributed by atoms with Gasteiger partial charge in [0, 0.05) is 0 Å². The Kier molecular flexibility index (Phi) is 5.76. The quantitative estimate of drug-likeness (QED) is 0.532. The summed E-state index contributed by atoms with van der Waals surface area (Å²) in [5.74, 6) is 6.80. The second-order valence-corrected chi connectivity index (χ2v) is 11.4. The van der Waals surface area contributed by atoms with E-state index in [0.717, 1.165) is 54.3 Å². The Morgan fingerprint density at radius 1 is 0.885 bits per heavy atom. The molecule has 0 aromatic heterocycles. The van der Waals surface area contributed by atoms with Crippen molar-refractivity contribution >= 4 is 0 Å². The van der Waals surface area contributed by atoms with Crippen LogP contribution in [0.15, 0.2) is 0 Å². The van der Waals surface area contributed by atoms with Gasteiger partial charge in [-0.1, -0.05) is 40.0 Å². The van der Waals surface area contributed by atoms with Crippen molar-refractivity contribution < 1.29 is 5.11 Å². The molecule has 0 heterocycles. The number of fused-ring (bicyclic) bond motifs is 5. The lowest BCUT2D eigenvalue weighted by Crippen LogP contribution is -2.49.